The molecule has 0 saturated heterocycles. The van der Waals surface area contributed by atoms with Gasteiger partial charge >= 0.3 is 5.97 Å². The van der Waals surface area contributed by atoms with Gasteiger partial charge in [-0.05, 0) is 44.2 Å². The summed E-state index contributed by atoms with van der Waals surface area (Å²) in [6.45, 7) is 5.20. The summed E-state index contributed by atoms with van der Waals surface area (Å²) in [4.78, 5) is 24.7. The SMILES string of the molecule is COc1cc2c(cc1C=C(C)C)-c1c(c(C(=O)NCCCC3=CC(=O)OCC3)nn1-c1ccsc1)CO2. The van der Waals surface area contributed by atoms with Crippen LogP contribution in [0.2, 0.25) is 0 Å². The van der Waals surface area contributed by atoms with Gasteiger partial charge in [-0.3, -0.25) is 4.79 Å². The van der Waals surface area contributed by atoms with Crippen molar-refractivity contribution in [1.82, 2.24) is 15.1 Å². The molecule has 9 heteroatoms. The summed E-state index contributed by atoms with van der Waals surface area (Å²) in [5, 5.41) is 11.7. The van der Waals surface area contributed by atoms with Crippen molar-refractivity contribution >= 4 is 29.3 Å². The van der Waals surface area contributed by atoms with Crippen molar-refractivity contribution in [3.8, 4) is 28.4 Å². The van der Waals surface area contributed by atoms with E-state index in [1.165, 1.54) is 0 Å². The molecule has 0 fully saturated rings. The lowest BCUT2D eigenvalue weighted by molar-refractivity contribution is -0.138. The molecule has 0 spiro atoms. The van der Waals surface area contributed by atoms with Crippen LogP contribution in [-0.4, -0.2) is 41.9 Å². The van der Waals surface area contributed by atoms with E-state index in [0.29, 0.717) is 24.6 Å². The highest BCUT2D eigenvalue weighted by Crippen LogP contribution is 2.44. The average molecular weight is 520 g/mol. The first kappa shape index (κ1) is 24.8. The van der Waals surface area contributed by atoms with Crippen LogP contribution < -0.4 is 14.8 Å². The Hall–Kier alpha value is -3.85. The van der Waals surface area contributed by atoms with Gasteiger partial charge in [0, 0.05) is 47.2 Å². The van der Waals surface area contributed by atoms with E-state index in [2.05, 4.69) is 11.4 Å². The van der Waals surface area contributed by atoms with Crippen LogP contribution in [0.5, 0.6) is 11.5 Å². The third-order valence-corrected chi connectivity index (χ3v) is 6.97. The predicted octanol–water partition coefficient (Wildman–Crippen LogP) is 5.31. The number of nitrogens with one attached hydrogen (secondary N) is 1. The maximum Gasteiger partial charge on any atom is 0.330 e. The van der Waals surface area contributed by atoms with Gasteiger partial charge in [0.25, 0.3) is 5.91 Å². The van der Waals surface area contributed by atoms with E-state index in [4.69, 9.17) is 19.3 Å². The molecule has 0 atom stereocenters. The molecular weight excluding hydrogens is 490 g/mol. The fraction of sp³-hybridized carbons (Fsp3) is 0.321. The van der Waals surface area contributed by atoms with Gasteiger partial charge in [-0.1, -0.05) is 17.2 Å². The average Bonchev–Trinajstić information content (AvgIpc) is 3.54. The first-order valence-corrected chi connectivity index (χ1v) is 13.2. The van der Waals surface area contributed by atoms with Crippen molar-refractivity contribution in [2.75, 3.05) is 20.3 Å². The van der Waals surface area contributed by atoms with Crippen molar-refractivity contribution in [3.63, 3.8) is 0 Å². The maximum absolute atomic E-state index is 13.3. The molecule has 0 radical (unpaired) electrons. The largest absolute Gasteiger partial charge is 0.496 e. The number of allylic oxidation sites excluding steroid dienone is 1. The van der Waals surface area contributed by atoms with Crippen LogP contribution in [0, 0.1) is 0 Å². The van der Waals surface area contributed by atoms with E-state index in [9.17, 15) is 9.59 Å². The van der Waals surface area contributed by atoms with Crippen molar-refractivity contribution < 1.29 is 23.8 Å². The predicted molar refractivity (Wildman–Crippen MR) is 142 cm³/mol. The molecule has 0 aliphatic carbocycles. The molecule has 0 bridgehead atoms. The number of hydrogen-bond acceptors (Lipinski definition) is 7. The summed E-state index contributed by atoms with van der Waals surface area (Å²) in [6.07, 6.45) is 5.82. The van der Waals surface area contributed by atoms with Gasteiger partial charge in [-0.25, -0.2) is 9.48 Å². The molecular formula is C28H29N3O5S. The highest BCUT2D eigenvalue weighted by atomic mass is 32.1. The molecule has 3 aromatic rings. The van der Waals surface area contributed by atoms with E-state index in [-0.39, 0.29) is 18.5 Å². The molecule has 0 unspecified atom stereocenters. The molecule has 2 aliphatic rings. The van der Waals surface area contributed by atoms with Crippen LogP contribution in [0.1, 0.15) is 54.7 Å². The van der Waals surface area contributed by atoms with E-state index < -0.39 is 0 Å². The number of amides is 1. The van der Waals surface area contributed by atoms with E-state index in [0.717, 1.165) is 64.2 Å². The maximum atomic E-state index is 13.3. The first-order valence-electron chi connectivity index (χ1n) is 12.2. The zero-order valence-corrected chi connectivity index (χ0v) is 21.9. The summed E-state index contributed by atoms with van der Waals surface area (Å²) >= 11 is 1.57. The number of ether oxygens (including phenoxy) is 3. The minimum absolute atomic E-state index is 0.232. The van der Waals surface area contributed by atoms with Gasteiger partial charge in [-0.15, -0.1) is 0 Å². The lowest BCUT2D eigenvalue weighted by atomic mass is 9.98. The Balaban J connectivity index is 1.45. The van der Waals surface area contributed by atoms with Crippen LogP contribution in [0.4, 0.5) is 0 Å². The smallest absolute Gasteiger partial charge is 0.330 e. The number of aromatic nitrogens is 2. The molecule has 4 heterocycles. The van der Waals surface area contributed by atoms with Gasteiger partial charge in [0.2, 0.25) is 0 Å². The Kier molecular flexibility index (Phi) is 7.14. The summed E-state index contributed by atoms with van der Waals surface area (Å²) in [6, 6.07) is 5.92. The van der Waals surface area contributed by atoms with Crippen LogP contribution in [-0.2, 0) is 16.1 Å². The van der Waals surface area contributed by atoms with Crippen LogP contribution in [0.3, 0.4) is 0 Å². The Morgan fingerprint density at radius 1 is 1.30 bits per heavy atom. The van der Waals surface area contributed by atoms with Crippen LogP contribution in [0.25, 0.3) is 23.0 Å². The summed E-state index contributed by atoms with van der Waals surface area (Å²) in [7, 11) is 1.65. The fourth-order valence-electron chi connectivity index (χ4n) is 4.61. The molecule has 2 aromatic heterocycles. The van der Waals surface area contributed by atoms with Crippen LogP contribution >= 0.6 is 11.3 Å². The molecule has 1 aromatic carbocycles. The molecule has 2 aliphatic heterocycles. The summed E-state index contributed by atoms with van der Waals surface area (Å²) < 4.78 is 18.5. The Morgan fingerprint density at radius 2 is 2.16 bits per heavy atom. The summed E-state index contributed by atoms with van der Waals surface area (Å²) in [5.41, 5.74) is 6.84. The van der Waals surface area contributed by atoms with Crippen LogP contribution in [0.15, 0.2) is 46.2 Å². The van der Waals surface area contributed by atoms with Crippen molar-refractivity contribution in [3.05, 3.63) is 63.0 Å². The second-order valence-corrected chi connectivity index (χ2v) is 10.0. The highest BCUT2D eigenvalue weighted by molar-refractivity contribution is 7.08. The van der Waals surface area contributed by atoms with Gasteiger partial charge in [0.05, 0.1) is 25.1 Å². The number of carbonyl (C=O) groups excluding carboxylic acids is 2. The number of methoxy groups -OCH3 is 1. The van der Waals surface area contributed by atoms with E-state index in [1.54, 1.807) is 24.5 Å². The number of rotatable bonds is 8. The van der Waals surface area contributed by atoms with Gasteiger partial charge in [0.15, 0.2) is 5.69 Å². The zero-order chi connectivity index (χ0) is 25.9. The number of fused-ring (bicyclic) bond motifs is 3. The zero-order valence-electron chi connectivity index (χ0n) is 21.1. The monoisotopic (exact) mass is 519 g/mol. The Morgan fingerprint density at radius 3 is 2.89 bits per heavy atom. The second kappa shape index (κ2) is 10.6. The fourth-order valence-corrected chi connectivity index (χ4v) is 5.22. The molecule has 192 valence electrons. The number of cyclic esters (lactones) is 1. The lowest BCUT2D eigenvalue weighted by Gasteiger charge is -2.21. The Labute approximate surface area is 219 Å². The number of hydrogen-bond donors (Lipinski definition) is 1. The number of esters is 1. The van der Waals surface area contributed by atoms with Crippen molar-refractivity contribution in [2.24, 2.45) is 0 Å². The normalized spacial score (nSPS) is 14.0. The first-order chi connectivity index (χ1) is 17.9. The van der Waals surface area contributed by atoms with Crippen molar-refractivity contribution in [2.45, 2.75) is 39.7 Å². The Bertz CT molecular complexity index is 1400. The number of nitrogens with zero attached hydrogens (tertiary/aromatic N) is 2. The topological polar surface area (TPSA) is 91.7 Å². The van der Waals surface area contributed by atoms with E-state index in [1.807, 2.05) is 47.5 Å². The minimum Gasteiger partial charge on any atom is -0.496 e. The number of thiophene rings is 1. The standard InChI is InChI=1S/C28H29N3O5S/c1-17(2)11-19-13-21-24(14-23(19)34-3)36-15-22-26(30-31(27(21)22)20-7-10-37-16-20)28(33)29-8-4-5-18-6-9-35-25(32)12-18/h7,10-14,16H,4-6,8-9,15H2,1-3H3,(H,29,33). The molecule has 1 N–H and O–H groups in total. The molecule has 5 rings (SSSR count). The lowest BCUT2D eigenvalue weighted by Crippen LogP contribution is -2.26. The molecule has 1 amide bonds. The second-order valence-electron chi connectivity index (χ2n) is 9.25. The molecule has 0 saturated carbocycles. The minimum atomic E-state index is -0.290. The number of benzene rings is 1. The summed E-state index contributed by atoms with van der Waals surface area (Å²) in [5.74, 6) is 0.885. The molecule has 37 heavy (non-hydrogen) atoms. The third-order valence-electron chi connectivity index (χ3n) is 6.30. The molecule has 8 nitrogen and oxygen atoms in total. The number of carbonyl (C=O) groups is 2. The van der Waals surface area contributed by atoms with E-state index >= 15 is 0 Å². The van der Waals surface area contributed by atoms with Gasteiger partial charge in [-0.2, -0.15) is 16.4 Å². The van der Waals surface area contributed by atoms with Gasteiger partial charge < -0.3 is 19.5 Å². The quantitative estimate of drug-likeness (QED) is 0.320. The van der Waals surface area contributed by atoms with Gasteiger partial charge in [0.1, 0.15) is 18.1 Å². The highest BCUT2D eigenvalue weighted by Gasteiger charge is 2.31. The third kappa shape index (κ3) is 5.17. The van der Waals surface area contributed by atoms with Crippen molar-refractivity contribution in [1.29, 1.82) is 0 Å².